The summed E-state index contributed by atoms with van der Waals surface area (Å²) < 4.78 is 7.83. The standard InChI is InChI=1S/C20H26ClN3O2/c1-20(2,3)18-14(7-6-12-26-18)13-22-17(25)10-9-15-19(21)23-16-8-4-5-11-24(15)16/h4-5,8-11,14,18H,6-7,12-13H2,1-3H3,(H,22,25)/b10-9+. The van der Waals surface area contributed by atoms with Crippen LogP contribution in [0.4, 0.5) is 0 Å². The van der Waals surface area contributed by atoms with Gasteiger partial charge in [-0.15, -0.1) is 0 Å². The second-order valence-electron chi connectivity index (χ2n) is 7.85. The van der Waals surface area contributed by atoms with Crippen LogP contribution in [0.15, 0.2) is 30.5 Å². The van der Waals surface area contributed by atoms with Gasteiger partial charge in [-0.2, -0.15) is 0 Å². The summed E-state index contributed by atoms with van der Waals surface area (Å²) in [5.41, 5.74) is 1.52. The van der Waals surface area contributed by atoms with Crippen molar-refractivity contribution in [2.24, 2.45) is 11.3 Å². The molecule has 1 fully saturated rings. The van der Waals surface area contributed by atoms with E-state index in [4.69, 9.17) is 16.3 Å². The van der Waals surface area contributed by atoms with Crippen LogP contribution in [0.1, 0.15) is 39.3 Å². The predicted molar refractivity (Wildman–Crippen MR) is 104 cm³/mol. The van der Waals surface area contributed by atoms with E-state index in [1.807, 2.05) is 28.8 Å². The molecule has 2 unspecified atom stereocenters. The van der Waals surface area contributed by atoms with E-state index in [2.05, 4.69) is 31.1 Å². The number of rotatable bonds is 4. The zero-order valence-corrected chi connectivity index (χ0v) is 16.3. The molecule has 0 spiro atoms. The Morgan fingerprint density at radius 3 is 3.04 bits per heavy atom. The molecule has 3 rings (SSSR count). The largest absolute Gasteiger partial charge is 0.377 e. The molecule has 2 aromatic heterocycles. The van der Waals surface area contributed by atoms with Gasteiger partial charge in [-0.05, 0) is 36.5 Å². The summed E-state index contributed by atoms with van der Waals surface area (Å²) in [4.78, 5) is 16.5. The fraction of sp³-hybridized carbons (Fsp3) is 0.500. The van der Waals surface area contributed by atoms with Crippen LogP contribution < -0.4 is 5.32 Å². The first-order valence-electron chi connectivity index (χ1n) is 9.06. The fourth-order valence-corrected chi connectivity index (χ4v) is 3.83. The summed E-state index contributed by atoms with van der Waals surface area (Å²) in [6, 6.07) is 5.67. The zero-order chi connectivity index (χ0) is 18.7. The minimum Gasteiger partial charge on any atom is -0.377 e. The van der Waals surface area contributed by atoms with Gasteiger partial charge in [-0.3, -0.25) is 9.20 Å². The number of carbonyl (C=O) groups excluding carboxylic acids is 1. The molecule has 1 aliphatic heterocycles. The van der Waals surface area contributed by atoms with Gasteiger partial charge >= 0.3 is 0 Å². The molecule has 26 heavy (non-hydrogen) atoms. The molecule has 1 saturated heterocycles. The minimum atomic E-state index is -0.134. The van der Waals surface area contributed by atoms with E-state index in [1.54, 1.807) is 6.08 Å². The molecular weight excluding hydrogens is 350 g/mol. The highest BCUT2D eigenvalue weighted by Crippen LogP contribution is 2.33. The number of carbonyl (C=O) groups is 1. The summed E-state index contributed by atoms with van der Waals surface area (Å²) in [5, 5.41) is 3.39. The second-order valence-corrected chi connectivity index (χ2v) is 8.21. The lowest BCUT2D eigenvalue weighted by molar-refractivity contribution is -0.118. The van der Waals surface area contributed by atoms with Crippen LogP contribution in [0.25, 0.3) is 11.7 Å². The smallest absolute Gasteiger partial charge is 0.244 e. The van der Waals surface area contributed by atoms with Gasteiger partial charge in [0.15, 0.2) is 5.15 Å². The van der Waals surface area contributed by atoms with Crippen LogP contribution in [-0.4, -0.2) is 34.5 Å². The van der Waals surface area contributed by atoms with Crippen molar-refractivity contribution in [1.82, 2.24) is 14.7 Å². The molecule has 0 saturated carbocycles. The van der Waals surface area contributed by atoms with Gasteiger partial charge in [0.2, 0.25) is 5.91 Å². The predicted octanol–water partition coefficient (Wildman–Crippen LogP) is 3.96. The molecular formula is C20H26ClN3O2. The van der Waals surface area contributed by atoms with Gasteiger partial charge in [-0.1, -0.05) is 38.4 Å². The molecule has 0 aliphatic carbocycles. The van der Waals surface area contributed by atoms with Crippen LogP contribution >= 0.6 is 11.6 Å². The molecule has 0 bridgehead atoms. The highest BCUT2D eigenvalue weighted by molar-refractivity contribution is 6.31. The van der Waals surface area contributed by atoms with Gasteiger partial charge in [-0.25, -0.2) is 4.98 Å². The van der Waals surface area contributed by atoms with Crippen molar-refractivity contribution < 1.29 is 9.53 Å². The Morgan fingerprint density at radius 2 is 2.27 bits per heavy atom. The maximum absolute atomic E-state index is 12.3. The molecule has 6 heteroatoms. The summed E-state index contributed by atoms with van der Waals surface area (Å²) >= 11 is 6.19. The third kappa shape index (κ3) is 4.27. The van der Waals surface area contributed by atoms with Crippen LogP contribution in [0.2, 0.25) is 5.15 Å². The number of nitrogens with one attached hydrogen (secondary N) is 1. The maximum Gasteiger partial charge on any atom is 0.244 e. The topological polar surface area (TPSA) is 55.6 Å². The van der Waals surface area contributed by atoms with E-state index in [9.17, 15) is 4.79 Å². The second kappa shape index (κ2) is 7.80. The van der Waals surface area contributed by atoms with Crippen molar-refractivity contribution in [2.45, 2.75) is 39.7 Å². The van der Waals surface area contributed by atoms with E-state index in [0.717, 1.165) is 25.1 Å². The van der Waals surface area contributed by atoms with Crippen molar-refractivity contribution >= 4 is 29.2 Å². The molecule has 3 heterocycles. The Hall–Kier alpha value is -1.85. The number of fused-ring (bicyclic) bond motifs is 1. The van der Waals surface area contributed by atoms with Crippen molar-refractivity contribution in [3.63, 3.8) is 0 Å². The number of aromatic nitrogens is 2. The van der Waals surface area contributed by atoms with Crippen molar-refractivity contribution in [3.8, 4) is 0 Å². The molecule has 1 amide bonds. The van der Waals surface area contributed by atoms with E-state index in [0.29, 0.717) is 23.3 Å². The Bertz CT molecular complexity index is 807. The van der Waals surface area contributed by atoms with E-state index in [-0.39, 0.29) is 17.4 Å². The SMILES string of the molecule is CC(C)(C)C1OCCCC1CNC(=O)/C=C/c1c(Cl)nc2ccccn12. The molecule has 2 aromatic rings. The van der Waals surface area contributed by atoms with Crippen molar-refractivity contribution in [1.29, 1.82) is 0 Å². The Balaban J connectivity index is 1.63. The number of ether oxygens (including phenoxy) is 1. The Morgan fingerprint density at radius 1 is 1.46 bits per heavy atom. The van der Waals surface area contributed by atoms with Gasteiger partial charge in [0.05, 0.1) is 11.8 Å². The van der Waals surface area contributed by atoms with Gasteiger partial charge in [0.1, 0.15) is 5.65 Å². The average molecular weight is 376 g/mol. The average Bonchev–Trinajstić information content (AvgIpc) is 2.92. The third-order valence-corrected chi connectivity index (χ3v) is 5.03. The quantitative estimate of drug-likeness (QED) is 0.823. The summed E-state index contributed by atoms with van der Waals surface area (Å²) in [5.74, 6) is 0.200. The number of imidazole rings is 1. The molecule has 0 radical (unpaired) electrons. The lowest BCUT2D eigenvalue weighted by Crippen LogP contribution is -2.45. The minimum absolute atomic E-state index is 0.0652. The zero-order valence-electron chi connectivity index (χ0n) is 15.5. The summed E-state index contributed by atoms with van der Waals surface area (Å²) in [6.45, 7) is 7.98. The first kappa shape index (κ1) is 18.9. The Labute approximate surface area is 159 Å². The number of hydrogen-bond acceptors (Lipinski definition) is 3. The van der Waals surface area contributed by atoms with Gasteiger partial charge in [0, 0.05) is 31.3 Å². The molecule has 1 N–H and O–H groups in total. The molecule has 1 aliphatic rings. The lowest BCUT2D eigenvalue weighted by Gasteiger charge is -2.40. The van der Waals surface area contributed by atoms with E-state index in [1.165, 1.54) is 6.08 Å². The Kier molecular flexibility index (Phi) is 5.68. The number of halogens is 1. The molecule has 5 nitrogen and oxygen atoms in total. The molecule has 140 valence electrons. The van der Waals surface area contributed by atoms with Crippen molar-refractivity contribution in [3.05, 3.63) is 41.3 Å². The van der Waals surface area contributed by atoms with E-state index >= 15 is 0 Å². The lowest BCUT2D eigenvalue weighted by atomic mass is 9.78. The van der Waals surface area contributed by atoms with Crippen LogP contribution in [0, 0.1) is 11.3 Å². The van der Waals surface area contributed by atoms with Crippen molar-refractivity contribution in [2.75, 3.05) is 13.2 Å². The molecule has 0 aromatic carbocycles. The number of nitrogens with zero attached hydrogens (tertiary/aromatic N) is 2. The monoisotopic (exact) mass is 375 g/mol. The van der Waals surface area contributed by atoms with Crippen LogP contribution in [0.3, 0.4) is 0 Å². The highest BCUT2D eigenvalue weighted by atomic mass is 35.5. The summed E-state index contributed by atoms with van der Waals surface area (Å²) in [7, 11) is 0. The van der Waals surface area contributed by atoms with Crippen LogP contribution in [0.5, 0.6) is 0 Å². The van der Waals surface area contributed by atoms with Gasteiger partial charge in [0.25, 0.3) is 0 Å². The van der Waals surface area contributed by atoms with E-state index < -0.39 is 0 Å². The normalized spacial score (nSPS) is 21.4. The highest BCUT2D eigenvalue weighted by Gasteiger charge is 2.35. The fourth-order valence-electron chi connectivity index (χ4n) is 3.59. The number of amides is 1. The number of hydrogen-bond donors (Lipinski definition) is 1. The first-order chi connectivity index (χ1) is 12.4. The van der Waals surface area contributed by atoms with Crippen LogP contribution in [-0.2, 0) is 9.53 Å². The first-order valence-corrected chi connectivity index (χ1v) is 9.44. The molecule has 2 atom stereocenters. The number of pyridine rings is 1. The van der Waals surface area contributed by atoms with Gasteiger partial charge < -0.3 is 10.1 Å². The maximum atomic E-state index is 12.3. The third-order valence-electron chi connectivity index (χ3n) is 4.75. The summed E-state index contributed by atoms with van der Waals surface area (Å²) in [6.07, 6.45) is 7.37.